The van der Waals surface area contributed by atoms with Gasteiger partial charge in [-0.05, 0) is 55.1 Å². The Morgan fingerprint density at radius 1 is 0.917 bits per heavy atom. The van der Waals surface area contributed by atoms with E-state index < -0.39 is 0 Å². The molecule has 3 nitrogen and oxygen atoms in total. The highest BCUT2D eigenvalue weighted by Gasteiger charge is 2.21. The van der Waals surface area contributed by atoms with E-state index in [1.807, 2.05) is 6.07 Å². The number of benzene rings is 2. The summed E-state index contributed by atoms with van der Waals surface area (Å²) in [5.74, 6) is 0.532. The molecular formula is C21H21N3. The highest BCUT2D eigenvalue weighted by molar-refractivity contribution is 5.94. The summed E-state index contributed by atoms with van der Waals surface area (Å²) in [6, 6.07) is 18.8. The molecular weight excluding hydrogens is 294 g/mol. The topological polar surface area (TPSA) is 37.8 Å². The Morgan fingerprint density at radius 2 is 1.67 bits per heavy atom. The van der Waals surface area contributed by atoms with Crippen LogP contribution in [0.5, 0.6) is 0 Å². The van der Waals surface area contributed by atoms with Crippen molar-refractivity contribution in [3.63, 3.8) is 0 Å². The molecule has 1 N–H and O–H groups in total. The highest BCUT2D eigenvalue weighted by Crippen LogP contribution is 2.34. The second-order valence-corrected chi connectivity index (χ2v) is 6.27. The van der Waals surface area contributed by atoms with Gasteiger partial charge in [-0.2, -0.15) is 0 Å². The van der Waals surface area contributed by atoms with E-state index in [-0.39, 0.29) is 0 Å². The molecule has 4 rings (SSSR count). The first-order chi connectivity index (χ1) is 11.9. The molecule has 0 radical (unpaired) electrons. The Bertz CT molecular complexity index is 844. The number of fused-ring (bicyclic) bond motifs is 1. The molecule has 0 saturated carbocycles. The fraction of sp³-hybridized carbons (Fsp3) is 0.238. The maximum Gasteiger partial charge on any atom is 0.116 e. The Morgan fingerprint density at radius 3 is 2.50 bits per heavy atom. The van der Waals surface area contributed by atoms with E-state index in [1.165, 1.54) is 11.1 Å². The van der Waals surface area contributed by atoms with Gasteiger partial charge >= 0.3 is 0 Å². The zero-order chi connectivity index (χ0) is 16.2. The van der Waals surface area contributed by atoms with Gasteiger partial charge in [0.05, 0.1) is 11.2 Å². The largest absolute Gasteiger partial charge is 0.317 e. The van der Waals surface area contributed by atoms with Crippen LogP contribution in [0.1, 0.15) is 24.1 Å². The van der Waals surface area contributed by atoms with Gasteiger partial charge in [-0.1, -0.05) is 48.5 Å². The molecule has 0 unspecified atom stereocenters. The van der Waals surface area contributed by atoms with Crippen LogP contribution in [-0.2, 0) is 0 Å². The maximum atomic E-state index is 4.68. The van der Waals surface area contributed by atoms with E-state index >= 15 is 0 Å². The van der Waals surface area contributed by atoms with Crippen LogP contribution in [0.15, 0.2) is 60.9 Å². The van der Waals surface area contributed by atoms with E-state index in [0.29, 0.717) is 5.92 Å². The van der Waals surface area contributed by atoms with Gasteiger partial charge in [0, 0.05) is 5.39 Å². The van der Waals surface area contributed by atoms with Crippen LogP contribution in [0.4, 0.5) is 0 Å². The van der Waals surface area contributed by atoms with Crippen molar-refractivity contribution in [2.75, 3.05) is 13.1 Å². The minimum atomic E-state index is 0.532. The molecule has 1 saturated heterocycles. The third-order valence-electron chi connectivity index (χ3n) is 4.72. The number of hydrogen-bond acceptors (Lipinski definition) is 3. The van der Waals surface area contributed by atoms with Crippen molar-refractivity contribution in [1.29, 1.82) is 0 Å². The van der Waals surface area contributed by atoms with E-state index in [4.69, 9.17) is 0 Å². The predicted octanol–water partition coefficient (Wildman–Crippen LogP) is 4.17. The summed E-state index contributed by atoms with van der Waals surface area (Å²) in [5, 5.41) is 4.60. The fourth-order valence-corrected chi connectivity index (χ4v) is 3.48. The monoisotopic (exact) mass is 315 g/mol. The molecule has 1 fully saturated rings. The Balaban J connectivity index is 1.87. The van der Waals surface area contributed by atoms with Crippen molar-refractivity contribution in [3.8, 4) is 0 Å². The second-order valence-electron chi connectivity index (χ2n) is 6.27. The number of allylic oxidation sites excluding steroid dienone is 1. The van der Waals surface area contributed by atoms with Gasteiger partial charge in [0.15, 0.2) is 0 Å². The Kier molecular flexibility index (Phi) is 4.34. The van der Waals surface area contributed by atoms with Crippen LogP contribution in [-0.4, -0.2) is 23.1 Å². The number of aromatic nitrogens is 2. The van der Waals surface area contributed by atoms with Gasteiger partial charge in [0.25, 0.3) is 0 Å². The molecule has 0 bridgehead atoms. The van der Waals surface area contributed by atoms with Gasteiger partial charge < -0.3 is 5.32 Å². The number of nitrogens with zero attached hydrogens (tertiary/aromatic N) is 2. The molecule has 0 spiro atoms. The average molecular weight is 315 g/mol. The third kappa shape index (κ3) is 3.08. The molecule has 120 valence electrons. The first-order valence-corrected chi connectivity index (χ1v) is 8.59. The molecule has 0 amide bonds. The second kappa shape index (κ2) is 6.93. The Labute approximate surface area is 142 Å². The van der Waals surface area contributed by atoms with E-state index in [9.17, 15) is 0 Å². The Hall–Kier alpha value is -2.52. The van der Waals surface area contributed by atoms with E-state index in [0.717, 1.165) is 42.5 Å². The van der Waals surface area contributed by atoms with Crippen molar-refractivity contribution in [2.24, 2.45) is 5.92 Å². The van der Waals surface area contributed by atoms with Gasteiger partial charge in [0.2, 0.25) is 0 Å². The normalized spacial score (nSPS) is 16.4. The fourth-order valence-electron chi connectivity index (χ4n) is 3.48. The lowest BCUT2D eigenvalue weighted by molar-refractivity contribution is 0.447. The molecule has 24 heavy (non-hydrogen) atoms. The highest BCUT2D eigenvalue weighted by atomic mass is 14.9. The number of piperidine rings is 1. The molecule has 3 heteroatoms. The van der Waals surface area contributed by atoms with Crippen LogP contribution >= 0.6 is 0 Å². The molecule has 0 aliphatic carbocycles. The first-order valence-electron chi connectivity index (χ1n) is 8.59. The standard InChI is InChI=1S/C21H21N3/c1-2-6-16(7-3-1)14-19(17-10-12-22-13-11-17)21-18-8-4-5-9-20(18)23-15-24-21/h1-9,14-15,17,22H,10-13H2/b19-14+. The van der Waals surface area contributed by atoms with Crippen molar-refractivity contribution in [3.05, 3.63) is 72.2 Å². The molecule has 2 aromatic carbocycles. The number of rotatable bonds is 3. The average Bonchev–Trinajstić information content (AvgIpc) is 2.67. The number of hydrogen-bond donors (Lipinski definition) is 1. The molecule has 3 aromatic rings. The SMILES string of the molecule is C(=C(\c1ncnc2ccccc12)C1CCNCC1)/c1ccccc1. The van der Waals surface area contributed by atoms with E-state index in [1.54, 1.807) is 6.33 Å². The summed E-state index contributed by atoms with van der Waals surface area (Å²) in [4.78, 5) is 9.10. The number of nitrogens with one attached hydrogen (secondary N) is 1. The van der Waals surface area contributed by atoms with Gasteiger partial charge in [-0.15, -0.1) is 0 Å². The van der Waals surface area contributed by atoms with Crippen LogP contribution in [0.25, 0.3) is 22.6 Å². The molecule has 1 aromatic heterocycles. The van der Waals surface area contributed by atoms with Crippen LogP contribution < -0.4 is 5.32 Å². The zero-order valence-corrected chi connectivity index (χ0v) is 13.7. The van der Waals surface area contributed by atoms with Crippen LogP contribution in [0, 0.1) is 5.92 Å². The first kappa shape index (κ1) is 15.0. The lowest BCUT2D eigenvalue weighted by Crippen LogP contribution is -2.28. The number of para-hydroxylation sites is 1. The molecule has 0 atom stereocenters. The summed E-state index contributed by atoms with van der Waals surface area (Å²) in [6.07, 6.45) is 6.30. The quantitative estimate of drug-likeness (QED) is 0.788. The minimum absolute atomic E-state index is 0.532. The van der Waals surface area contributed by atoms with Gasteiger partial charge in [-0.3, -0.25) is 0 Å². The molecule has 1 aliphatic rings. The van der Waals surface area contributed by atoms with Crippen molar-refractivity contribution in [1.82, 2.24) is 15.3 Å². The zero-order valence-electron chi connectivity index (χ0n) is 13.7. The van der Waals surface area contributed by atoms with Gasteiger partial charge in [0.1, 0.15) is 6.33 Å². The summed E-state index contributed by atoms with van der Waals surface area (Å²) in [5.41, 5.74) is 4.65. The summed E-state index contributed by atoms with van der Waals surface area (Å²) in [6.45, 7) is 2.14. The van der Waals surface area contributed by atoms with Gasteiger partial charge in [-0.25, -0.2) is 9.97 Å². The third-order valence-corrected chi connectivity index (χ3v) is 4.72. The lowest BCUT2D eigenvalue weighted by Gasteiger charge is -2.25. The molecule has 2 heterocycles. The predicted molar refractivity (Wildman–Crippen MR) is 99.4 cm³/mol. The van der Waals surface area contributed by atoms with Crippen molar-refractivity contribution < 1.29 is 0 Å². The van der Waals surface area contributed by atoms with E-state index in [2.05, 4.69) is 69.9 Å². The lowest BCUT2D eigenvalue weighted by atomic mass is 9.85. The van der Waals surface area contributed by atoms with Crippen molar-refractivity contribution >= 4 is 22.6 Å². The summed E-state index contributed by atoms with van der Waals surface area (Å²) >= 11 is 0. The minimum Gasteiger partial charge on any atom is -0.317 e. The smallest absolute Gasteiger partial charge is 0.116 e. The van der Waals surface area contributed by atoms with Crippen LogP contribution in [0.2, 0.25) is 0 Å². The molecule has 1 aliphatic heterocycles. The maximum absolute atomic E-state index is 4.68. The summed E-state index contributed by atoms with van der Waals surface area (Å²) in [7, 11) is 0. The van der Waals surface area contributed by atoms with Crippen molar-refractivity contribution in [2.45, 2.75) is 12.8 Å². The summed E-state index contributed by atoms with van der Waals surface area (Å²) < 4.78 is 0. The van der Waals surface area contributed by atoms with Crippen LogP contribution in [0.3, 0.4) is 0 Å².